The van der Waals surface area contributed by atoms with Gasteiger partial charge in [0.25, 0.3) is 0 Å². The SMILES string of the molecule is COc1ccc(NC(=O)Nc2cccc(F)c2C)cc1Cl. The number of carbonyl (C=O) groups excluding carboxylic acids is 1. The molecule has 110 valence electrons. The molecule has 0 aromatic heterocycles. The van der Waals surface area contributed by atoms with E-state index in [1.165, 1.54) is 19.2 Å². The first kappa shape index (κ1) is 15.1. The van der Waals surface area contributed by atoms with Crippen molar-refractivity contribution in [1.82, 2.24) is 0 Å². The van der Waals surface area contributed by atoms with Gasteiger partial charge >= 0.3 is 6.03 Å². The van der Waals surface area contributed by atoms with E-state index in [2.05, 4.69) is 10.6 Å². The lowest BCUT2D eigenvalue weighted by Crippen LogP contribution is -2.20. The molecule has 2 amide bonds. The van der Waals surface area contributed by atoms with Crippen molar-refractivity contribution in [1.29, 1.82) is 0 Å². The summed E-state index contributed by atoms with van der Waals surface area (Å²) in [5.41, 5.74) is 1.29. The maximum Gasteiger partial charge on any atom is 0.323 e. The topological polar surface area (TPSA) is 50.4 Å². The van der Waals surface area contributed by atoms with Gasteiger partial charge in [0, 0.05) is 16.9 Å². The quantitative estimate of drug-likeness (QED) is 0.880. The van der Waals surface area contributed by atoms with Crippen LogP contribution in [0.4, 0.5) is 20.6 Å². The molecule has 2 aromatic carbocycles. The number of amides is 2. The van der Waals surface area contributed by atoms with E-state index in [0.717, 1.165) is 0 Å². The van der Waals surface area contributed by atoms with Crippen molar-refractivity contribution >= 4 is 29.0 Å². The summed E-state index contributed by atoms with van der Waals surface area (Å²) in [5.74, 6) is 0.142. The number of halogens is 2. The maximum atomic E-state index is 13.4. The van der Waals surface area contributed by atoms with Gasteiger partial charge in [-0.15, -0.1) is 0 Å². The number of urea groups is 1. The largest absolute Gasteiger partial charge is 0.495 e. The molecule has 0 aliphatic carbocycles. The molecule has 4 nitrogen and oxygen atoms in total. The summed E-state index contributed by atoms with van der Waals surface area (Å²) < 4.78 is 18.4. The molecule has 0 fully saturated rings. The van der Waals surface area contributed by atoms with Gasteiger partial charge in [-0.05, 0) is 37.3 Å². The minimum atomic E-state index is -0.482. The Morgan fingerprint density at radius 2 is 2.00 bits per heavy atom. The molecular formula is C15H14ClFN2O2. The Morgan fingerprint density at radius 3 is 2.67 bits per heavy atom. The van der Waals surface area contributed by atoms with Crippen molar-refractivity contribution in [2.45, 2.75) is 6.92 Å². The summed E-state index contributed by atoms with van der Waals surface area (Å²) in [7, 11) is 1.51. The lowest BCUT2D eigenvalue weighted by Gasteiger charge is -2.11. The third-order valence-electron chi connectivity index (χ3n) is 2.93. The van der Waals surface area contributed by atoms with Gasteiger partial charge in [-0.25, -0.2) is 9.18 Å². The first-order valence-electron chi connectivity index (χ1n) is 6.18. The van der Waals surface area contributed by atoms with Gasteiger partial charge in [0.15, 0.2) is 0 Å². The van der Waals surface area contributed by atoms with Gasteiger partial charge in [0.05, 0.1) is 12.1 Å². The van der Waals surface area contributed by atoms with E-state index in [1.807, 2.05) is 0 Å². The molecule has 0 unspecified atom stereocenters. The number of rotatable bonds is 3. The third-order valence-corrected chi connectivity index (χ3v) is 3.22. The number of ether oxygens (including phenoxy) is 1. The van der Waals surface area contributed by atoms with Crippen LogP contribution >= 0.6 is 11.6 Å². The normalized spacial score (nSPS) is 10.1. The highest BCUT2D eigenvalue weighted by atomic mass is 35.5. The Hall–Kier alpha value is -2.27. The summed E-state index contributed by atoms with van der Waals surface area (Å²) in [6.07, 6.45) is 0. The Balaban J connectivity index is 2.08. The number of carbonyl (C=O) groups is 1. The standard InChI is InChI=1S/C15H14ClFN2O2/c1-9-12(17)4-3-5-13(9)19-15(20)18-10-6-7-14(21-2)11(16)8-10/h3-8H,1-2H3,(H2,18,19,20). The highest BCUT2D eigenvalue weighted by Crippen LogP contribution is 2.27. The minimum absolute atomic E-state index is 0.375. The average molecular weight is 309 g/mol. The van der Waals surface area contributed by atoms with Crippen molar-refractivity contribution in [3.8, 4) is 5.75 Å². The van der Waals surface area contributed by atoms with E-state index in [4.69, 9.17) is 16.3 Å². The molecule has 0 bridgehead atoms. The van der Waals surface area contributed by atoms with Gasteiger partial charge in [-0.3, -0.25) is 0 Å². The molecule has 0 spiro atoms. The third kappa shape index (κ3) is 3.64. The van der Waals surface area contributed by atoms with Crippen molar-refractivity contribution in [2.24, 2.45) is 0 Å². The summed E-state index contributed by atoms with van der Waals surface area (Å²) in [4.78, 5) is 11.9. The van der Waals surface area contributed by atoms with Crippen LogP contribution in [-0.2, 0) is 0 Å². The van der Waals surface area contributed by atoms with Crippen LogP contribution in [0.15, 0.2) is 36.4 Å². The number of methoxy groups -OCH3 is 1. The van der Waals surface area contributed by atoms with Crippen molar-refractivity contribution in [3.05, 3.63) is 52.8 Å². The first-order chi connectivity index (χ1) is 10.0. The number of hydrogen-bond donors (Lipinski definition) is 2. The number of nitrogens with one attached hydrogen (secondary N) is 2. The lowest BCUT2D eigenvalue weighted by atomic mass is 10.2. The molecular weight excluding hydrogens is 295 g/mol. The molecule has 0 heterocycles. The molecule has 0 aliphatic heterocycles. The van der Waals surface area contributed by atoms with E-state index in [1.54, 1.807) is 31.2 Å². The van der Waals surface area contributed by atoms with Crippen LogP contribution in [0.1, 0.15) is 5.56 Å². The van der Waals surface area contributed by atoms with Crippen LogP contribution in [0, 0.1) is 12.7 Å². The second kappa shape index (κ2) is 6.45. The van der Waals surface area contributed by atoms with Crippen molar-refractivity contribution < 1.29 is 13.9 Å². The smallest absolute Gasteiger partial charge is 0.323 e. The second-order valence-corrected chi connectivity index (χ2v) is 4.75. The molecule has 0 saturated carbocycles. The molecule has 21 heavy (non-hydrogen) atoms. The molecule has 2 rings (SSSR count). The fourth-order valence-corrected chi connectivity index (χ4v) is 2.03. The van der Waals surface area contributed by atoms with Gasteiger partial charge in [-0.2, -0.15) is 0 Å². The highest BCUT2D eigenvalue weighted by Gasteiger charge is 2.09. The zero-order valence-corrected chi connectivity index (χ0v) is 12.3. The van der Waals surface area contributed by atoms with Crippen LogP contribution in [0.2, 0.25) is 5.02 Å². The van der Waals surface area contributed by atoms with E-state index < -0.39 is 6.03 Å². The van der Waals surface area contributed by atoms with Gasteiger partial charge in [0.2, 0.25) is 0 Å². The second-order valence-electron chi connectivity index (χ2n) is 4.34. The van der Waals surface area contributed by atoms with Crippen molar-refractivity contribution in [3.63, 3.8) is 0 Å². The zero-order chi connectivity index (χ0) is 15.4. The molecule has 2 aromatic rings. The monoisotopic (exact) mass is 308 g/mol. The molecule has 2 N–H and O–H groups in total. The van der Waals surface area contributed by atoms with Gasteiger partial charge in [0.1, 0.15) is 11.6 Å². The Morgan fingerprint density at radius 1 is 1.24 bits per heavy atom. The molecule has 0 atom stereocenters. The summed E-state index contributed by atoms with van der Waals surface area (Å²) >= 11 is 5.97. The summed E-state index contributed by atoms with van der Waals surface area (Å²) in [5, 5.41) is 5.59. The number of benzene rings is 2. The van der Waals surface area contributed by atoms with Gasteiger partial charge in [-0.1, -0.05) is 17.7 Å². The van der Waals surface area contributed by atoms with Crippen LogP contribution in [0.25, 0.3) is 0 Å². The van der Waals surface area contributed by atoms with E-state index in [9.17, 15) is 9.18 Å². The van der Waals surface area contributed by atoms with Crippen molar-refractivity contribution in [2.75, 3.05) is 17.7 Å². The number of hydrogen-bond acceptors (Lipinski definition) is 2. The maximum absolute atomic E-state index is 13.4. The first-order valence-corrected chi connectivity index (χ1v) is 6.55. The van der Waals surface area contributed by atoms with Crippen LogP contribution < -0.4 is 15.4 Å². The summed E-state index contributed by atoms with van der Waals surface area (Å²) in [6, 6.07) is 8.87. The Labute approximate surface area is 126 Å². The Kier molecular flexibility index (Phi) is 4.65. The Bertz CT molecular complexity index is 677. The van der Waals surface area contributed by atoms with E-state index in [-0.39, 0.29) is 5.82 Å². The lowest BCUT2D eigenvalue weighted by molar-refractivity contribution is 0.262. The number of anilines is 2. The molecule has 6 heteroatoms. The molecule has 0 aliphatic rings. The fraction of sp³-hybridized carbons (Fsp3) is 0.133. The predicted octanol–water partition coefficient (Wildman–Crippen LogP) is 4.44. The fourth-order valence-electron chi connectivity index (χ4n) is 1.77. The van der Waals surface area contributed by atoms with E-state index in [0.29, 0.717) is 27.7 Å². The van der Waals surface area contributed by atoms with Crippen LogP contribution in [0.5, 0.6) is 5.75 Å². The predicted molar refractivity (Wildman–Crippen MR) is 81.8 cm³/mol. The van der Waals surface area contributed by atoms with Crippen LogP contribution in [-0.4, -0.2) is 13.1 Å². The van der Waals surface area contributed by atoms with E-state index >= 15 is 0 Å². The van der Waals surface area contributed by atoms with Gasteiger partial charge < -0.3 is 15.4 Å². The average Bonchev–Trinajstić information content (AvgIpc) is 2.44. The minimum Gasteiger partial charge on any atom is -0.495 e. The van der Waals surface area contributed by atoms with Crippen LogP contribution in [0.3, 0.4) is 0 Å². The molecule has 0 saturated heterocycles. The highest BCUT2D eigenvalue weighted by molar-refractivity contribution is 6.32. The molecule has 0 radical (unpaired) electrons. The summed E-state index contributed by atoms with van der Waals surface area (Å²) in [6.45, 7) is 1.59. The zero-order valence-electron chi connectivity index (χ0n) is 11.5.